The van der Waals surface area contributed by atoms with Gasteiger partial charge < -0.3 is 15.7 Å². The molecule has 0 spiro atoms. The van der Waals surface area contributed by atoms with Crippen LogP contribution in [0.2, 0.25) is 0 Å². The predicted octanol–water partition coefficient (Wildman–Crippen LogP) is 1.51. The van der Waals surface area contributed by atoms with E-state index in [1.165, 1.54) is 0 Å². The molecule has 17 heavy (non-hydrogen) atoms. The van der Waals surface area contributed by atoms with E-state index in [1.54, 1.807) is 18.7 Å². The van der Waals surface area contributed by atoms with Crippen molar-refractivity contribution in [1.82, 2.24) is 4.90 Å². The highest BCUT2D eigenvalue weighted by Gasteiger charge is 2.20. The Hall–Kier alpha value is -0.610. The third kappa shape index (κ3) is 9.12. The number of hydrogen-bond donors (Lipinski definition) is 2. The third-order valence-corrected chi connectivity index (χ3v) is 2.66. The Bertz CT molecular complexity index is 212. The van der Waals surface area contributed by atoms with Crippen molar-refractivity contribution in [1.29, 1.82) is 0 Å². The molecule has 4 nitrogen and oxygen atoms in total. The number of amides is 1. The number of rotatable bonds is 9. The molecule has 0 bridgehead atoms. The molecule has 0 atom stereocenters. The van der Waals surface area contributed by atoms with Gasteiger partial charge in [-0.05, 0) is 40.2 Å². The molecule has 0 radical (unpaired) electrons. The average molecular weight is 244 g/mol. The Morgan fingerprint density at radius 3 is 2.29 bits per heavy atom. The molecule has 4 heteroatoms. The number of likely N-dealkylation sites (N-methyl/N-ethyl adjacent to an activating group) is 1. The largest absolute Gasteiger partial charge is 0.389 e. The summed E-state index contributed by atoms with van der Waals surface area (Å²) in [5, 5.41) is 9.70. The maximum Gasteiger partial charge on any atom is 0.222 e. The number of nitrogens with zero attached hydrogens (tertiary/aromatic N) is 1. The van der Waals surface area contributed by atoms with E-state index in [2.05, 4.69) is 0 Å². The standard InChI is InChI=1S/C13H28N2O2/c1-4-15(11-13(2,3)17)12(16)9-7-5-6-8-10-14/h17H,4-11,14H2,1-3H3. The van der Waals surface area contributed by atoms with Gasteiger partial charge in [0.1, 0.15) is 0 Å². The lowest BCUT2D eigenvalue weighted by Crippen LogP contribution is -2.42. The first kappa shape index (κ1) is 16.4. The number of nitrogens with two attached hydrogens (primary N) is 1. The second-order valence-electron chi connectivity index (χ2n) is 5.17. The summed E-state index contributed by atoms with van der Waals surface area (Å²) in [6, 6.07) is 0. The summed E-state index contributed by atoms with van der Waals surface area (Å²) in [5.41, 5.74) is 4.59. The number of unbranched alkanes of at least 4 members (excludes halogenated alkanes) is 3. The SMILES string of the molecule is CCN(CC(C)(C)O)C(=O)CCCCCCN. The van der Waals surface area contributed by atoms with Gasteiger partial charge in [0, 0.05) is 19.5 Å². The summed E-state index contributed by atoms with van der Waals surface area (Å²) < 4.78 is 0. The Morgan fingerprint density at radius 2 is 1.82 bits per heavy atom. The minimum atomic E-state index is -0.814. The molecular formula is C13H28N2O2. The summed E-state index contributed by atoms with van der Waals surface area (Å²) in [4.78, 5) is 13.6. The number of aliphatic hydroxyl groups is 1. The zero-order chi connectivity index (χ0) is 13.3. The van der Waals surface area contributed by atoms with Gasteiger partial charge in [-0.25, -0.2) is 0 Å². The van der Waals surface area contributed by atoms with Crippen LogP contribution in [0.25, 0.3) is 0 Å². The highest BCUT2D eigenvalue weighted by atomic mass is 16.3. The van der Waals surface area contributed by atoms with Crippen molar-refractivity contribution in [3.8, 4) is 0 Å². The summed E-state index contributed by atoms with van der Waals surface area (Å²) in [6.45, 7) is 7.19. The molecule has 0 aliphatic heterocycles. The van der Waals surface area contributed by atoms with E-state index in [4.69, 9.17) is 5.73 Å². The van der Waals surface area contributed by atoms with Gasteiger partial charge in [0.05, 0.1) is 5.60 Å². The van der Waals surface area contributed by atoms with Crippen molar-refractivity contribution in [3.63, 3.8) is 0 Å². The molecule has 0 unspecified atom stereocenters. The monoisotopic (exact) mass is 244 g/mol. The van der Waals surface area contributed by atoms with E-state index < -0.39 is 5.60 Å². The van der Waals surface area contributed by atoms with Crippen molar-refractivity contribution in [3.05, 3.63) is 0 Å². The zero-order valence-electron chi connectivity index (χ0n) is 11.5. The number of carbonyl (C=O) groups excluding carboxylic acids is 1. The van der Waals surface area contributed by atoms with Gasteiger partial charge in [0.15, 0.2) is 0 Å². The second kappa shape index (κ2) is 8.48. The van der Waals surface area contributed by atoms with Crippen molar-refractivity contribution >= 4 is 5.91 Å². The quantitative estimate of drug-likeness (QED) is 0.604. The Balaban J connectivity index is 3.85. The van der Waals surface area contributed by atoms with E-state index in [-0.39, 0.29) is 5.91 Å². The highest BCUT2D eigenvalue weighted by Crippen LogP contribution is 2.09. The van der Waals surface area contributed by atoms with E-state index in [0.29, 0.717) is 19.5 Å². The second-order valence-corrected chi connectivity index (χ2v) is 5.17. The van der Waals surface area contributed by atoms with E-state index in [1.807, 2.05) is 6.92 Å². The predicted molar refractivity (Wildman–Crippen MR) is 70.7 cm³/mol. The minimum absolute atomic E-state index is 0.141. The molecule has 0 aromatic rings. The number of carbonyl (C=O) groups is 1. The molecule has 0 saturated carbocycles. The highest BCUT2D eigenvalue weighted by molar-refractivity contribution is 5.76. The fraction of sp³-hybridized carbons (Fsp3) is 0.923. The smallest absolute Gasteiger partial charge is 0.222 e. The fourth-order valence-corrected chi connectivity index (χ4v) is 1.78. The van der Waals surface area contributed by atoms with Crippen LogP contribution in [0.4, 0.5) is 0 Å². The van der Waals surface area contributed by atoms with Crippen LogP contribution in [0.1, 0.15) is 52.9 Å². The van der Waals surface area contributed by atoms with Crippen LogP contribution < -0.4 is 5.73 Å². The Labute approximate surface area is 105 Å². The summed E-state index contributed by atoms with van der Waals surface area (Å²) in [5.74, 6) is 0.141. The maximum absolute atomic E-state index is 11.9. The van der Waals surface area contributed by atoms with Gasteiger partial charge in [-0.1, -0.05) is 12.8 Å². The molecule has 0 aromatic heterocycles. The van der Waals surface area contributed by atoms with Crippen LogP contribution >= 0.6 is 0 Å². The molecule has 1 amide bonds. The first-order valence-corrected chi connectivity index (χ1v) is 6.61. The van der Waals surface area contributed by atoms with Gasteiger partial charge in [-0.15, -0.1) is 0 Å². The van der Waals surface area contributed by atoms with Crippen molar-refractivity contribution < 1.29 is 9.90 Å². The molecular weight excluding hydrogens is 216 g/mol. The molecule has 0 saturated heterocycles. The van der Waals surface area contributed by atoms with E-state index in [0.717, 1.165) is 32.2 Å². The topological polar surface area (TPSA) is 66.6 Å². The Kier molecular flexibility index (Phi) is 8.17. The molecule has 0 aromatic carbocycles. The van der Waals surface area contributed by atoms with Crippen LogP contribution in [0.3, 0.4) is 0 Å². The molecule has 0 heterocycles. The zero-order valence-corrected chi connectivity index (χ0v) is 11.5. The molecule has 0 aliphatic rings. The van der Waals surface area contributed by atoms with Crippen molar-refractivity contribution in [2.45, 2.75) is 58.5 Å². The lowest BCUT2D eigenvalue weighted by molar-refractivity contribution is -0.134. The number of hydrogen-bond acceptors (Lipinski definition) is 3. The summed E-state index contributed by atoms with van der Waals surface area (Å²) in [7, 11) is 0. The van der Waals surface area contributed by atoms with Crippen LogP contribution in [0.5, 0.6) is 0 Å². The van der Waals surface area contributed by atoms with Crippen molar-refractivity contribution in [2.75, 3.05) is 19.6 Å². The molecule has 0 aliphatic carbocycles. The molecule has 102 valence electrons. The molecule has 0 rings (SSSR count). The minimum Gasteiger partial charge on any atom is -0.389 e. The summed E-state index contributed by atoms with van der Waals surface area (Å²) >= 11 is 0. The normalized spacial score (nSPS) is 11.6. The lowest BCUT2D eigenvalue weighted by atomic mass is 10.1. The average Bonchev–Trinajstić information content (AvgIpc) is 2.24. The summed E-state index contributed by atoms with van der Waals surface area (Å²) in [6.07, 6.45) is 4.69. The van der Waals surface area contributed by atoms with Crippen molar-refractivity contribution in [2.24, 2.45) is 5.73 Å². The van der Waals surface area contributed by atoms with E-state index in [9.17, 15) is 9.90 Å². The Morgan fingerprint density at radius 1 is 1.24 bits per heavy atom. The molecule has 0 fully saturated rings. The first-order valence-electron chi connectivity index (χ1n) is 6.61. The third-order valence-electron chi connectivity index (χ3n) is 2.66. The van der Waals surface area contributed by atoms with E-state index >= 15 is 0 Å². The lowest BCUT2D eigenvalue weighted by Gasteiger charge is -2.28. The van der Waals surface area contributed by atoms with Gasteiger partial charge in [0.2, 0.25) is 5.91 Å². The fourth-order valence-electron chi connectivity index (χ4n) is 1.78. The van der Waals surface area contributed by atoms with Crippen LogP contribution in [0, 0.1) is 0 Å². The van der Waals surface area contributed by atoms with Crippen LogP contribution in [0.15, 0.2) is 0 Å². The maximum atomic E-state index is 11.9. The van der Waals surface area contributed by atoms with Crippen LogP contribution in [-0.2, 0) is 4.79 Å². The van der Waals surface area contributed by atoms with Crippen LogP contribution in [-0.4, -0.2) is 41.1 Å². The van der Waals surface area contributed by atoms with Gasteiger partial charge in [0.25, 0.3) is 0 Å². The van der Waals surface area contributed by atoms with Gasteiger partial charge >= 0.3 is 0 Å². The van der Waals surface area contributed by atoms with Gasteiger partial charge in [-0.3, -0.25) is 4.79 Å². The molecule has 3 N–H and O–H groups in total. The van der Waals surface area contributed by atoms with Gasteiger partial charge in [-0.2, -0.15) is 0 Å². The first-order chi connectivity index (χ1) is 7.90.